The summed E-state index contributed by atoms with van der Waals surface area (Å²) in [6.45, 7) is 6.36. The first-order chi connectivity index (χ1) is 8.08. The lowest BCUT2D eigenvalue weighted by Gasteiger charge is -2.15. The minimum atomic E-state index is -0.0706. The lowest BCUT2D eigenvalue weighted by Crippen LogP contribution is -3.12. The summed E-state index contributed by atoms with van der Waals surface area (Å²) in [5.41, 5.74) is 0.493. The van der Waals surface area contributed by atoms with Crippen LogP contribution in [0.1, 0.15) is 13.8 Å². The second-order valence-corrected chi connectivity index (χ2v) is 4.59. The van der Waals surface area contributed by atoms with Crippen molar-refractivity contribution in [3.63, 3.8) is 0 Å². The fraction of sp³-hybridized carbons (Fsp3) is 0.417. The Balaban J connectivity index is 0.00000289. The molecule has 0 spiro atoms. The molecule has 0 aliphatic heterocycles. The highest BCUT2D eigenvalue weighted by Gasteiger charge is 2.13. The van der Waals surface area contributed by atoms with Gasteiger partial charge in [0.2, 0.25) is 0 Å². The Labute approximate surface area is 124 Å². The number of likely N-dealkylation sites (N-methyl/N-ethyl adjacent to an activating group) is 1. The van der Waals surface area contributed by atoms with Crippen molar-refractivity contribution in [2.75, 3.05) is 25.0 Å². The summed E-state index contributed by atoms with van der Waals surface area (Å²) in [5, 5.41) is 3.67. The van der Waals surface area contributed by atoms with E-state index in [2.05, 4.69) is 19.2 Å². The number of rotatable bonds is 5. The predicted molar refractivity (Wildman–Crippen MR) is 72.0 cm³/mol. The van der Waals surface area contributed by atoms with E-state index in [-0.39, 0.29) is 18.3 Å². The number of carbonyl (C=O) groups excluding carboxylic acids is 1. The fourth-order valence-corrected chi connectivity index (χ4v) is 2.02. The molecule has 6 heteroatoms. The van der Waals surface area contributed by atoms with Gasteiger partial charge in [-0.1, -0.05) is 29.3 Å². The van der Waals surface area contributed by atoms with Gasteiger partial charge in [0, 0.05) is 0 Å². The Morgan fingerprint density at radius 3 is 2.17 bits per heavy atom. The Kier molecular flexibility index (Phi) is 8.36. The van der Waals surface area contributed by atoms with Crippen molar-refractivity contribution < 1.29 is 22.1 Å². The van der Waals surface area contributed by atoms with Crippen molar-refractivity contribution in [2.45, 2.75) is 13.8 Å². The van der Waals surface area contributed by atoms with Gasteiger partial charge >= 0.3 is 0 Å². The van der Waals surface area contributed by atoms with E-state index < -0.39 is 0 Å². The first-order valence-electron chi connectivity index (χ1n) is 5.65. The quantitative estimate of drug-likeness (QED) is 0.708. The van der Waals surface area contributed by atoms with Gasteiger partial charge in [-0.3, -0.25) is 4.79 Å². The predicted octanol–water partition coefficient (Wildman–Crippen LogP) is -1.14. The SMILES string of the molecule is CC[NH+](CC)CC(=O)Nc1c(Cl)cccc1Cl.[Cl-]. The van der Waals surface area contributed by atoms with Crippen molar-refractivity contribution in [3.8, 4) is 0 Å². The Hall–Kier alpha value is -0.480. The molecule has 0 radical (unpaired) electrons. The maximum atomic E-state index is 11.8. The average Bonchev–Trinajstić information content (AvgIpc) is 2.31. The van der Waals surface area contributed by atoms with E-state index in [0.29, 0.717) is 22.3 Å². The number of halogens is 3. The van der Waals surface area contributed by atoms with Crippen LogP contribution in [0.25, 0.3) is 0 Å². The molecule has 0 bridgehead atoms. The smallest absolute Gasteiger partial charge is 0.279 e. The standard InChI is InChI=1S/C12H16Cl2N2O.ClH/c1-3-16(4-2)8-11(17)15-12-9(13)6-5-7-10(12)14;/h5-7H,3-4,8H2,1-2H3,(H,15,17);1H. The molecule has 0 aliphatic carbocycles. The lowest BCUT2D eigenvalue weighted by molar-refractivity contribution is -0.888. The van der Waals surface area contributed by atoms with Gasteiger partial charge in [0.1, 0.15) is 0 Å². The molecule has 0 heterocycles. The van der Waals surface area contributed by atoms with Crippen LogP contribution >= 0.6 is 23.2 Å². The Bertz CT molecular complexity index is 375. The molecule has 0 fully saturated rings. The molecule has 0 aromatic heterocycles. The van der Waals surface area contributed by atoms with E-state index in [9.17, 15) is 4.79 Å². The van der Waals surface area contributed by atoms with Gasteiger partial charge in [0.15, 0.2) is 6.54 Å². The van der Waals surface area contributed by atoms with Gasteiger partial charge in [-0.2, -0.15) is 0 Å². The first kappa shape index (κ1) is 17.5. The van der Waals surface area contributed by atoms with E-state index in [0.717, 1.165) is 13.1 Å². The summed E-state index contributed by atoms with van der Waals surface area (Å²) in [6, 6.07) is 5.15. The van der Waals surface area contributed by atoms with Crippen LogP contribution in [-0.2, 0) is 4.79 Å². The van der Waals surface area contributed by atoms with Gasteiger partial charge in [-0.05, 0) is 26.0 Å². The molecule has 3 nitrogen and oxygen atoms in total. The Morgan fingerprint density at radius 2 is 1.72 bits per heavy atom. The summed E-state index contributed by atoms with van der Waals surface area (Å²) < 4.78 is 0. The van der Waals surface area contributed by atoms with Crippen LogP contribution in [0.3, 0.4) is 0 Å². The number of benzene rings is 1. The third-order valence-corrected chi connectivity index (χ3v) is 3.27. The number of hydrogen-bond acceptors (Lipinski definition) is 1. The van der Waals surface area contributed by atoms with Gasteiger partial charge in [-0.25, -0.2) is 0 Å². The molecule has 1 rings (SSSR count). The number of quaternary nitrogens is 1. The molecule has 0 atom stereocenters. The highest BCUT2D eigenvalue weighted by atomic mass is 35.5. The maximum absolute atomic E-state index is 11.8. The monoisotopic (exact) mass is 310 g/mol. The molecule has 0 aliphatic rings. The summed E-state index contributed by atoms with van der Waals surface area (Å²) in [6.07, 6.45) is 0. The van der Waals surface area contributed by atoms with E-state index in [1.807, 2.05) is 0 Å². The molecule has 1 aromatic rings. The average molecular weight is 312 g/mol. The molecule has 18 heavy (non-hydrogen) atoms. The van der Waals surface area contributed by atoms with Crippen LogP contribution in [0.5, 0.6) is 0 Å². The van der Waals surface area contributed by atoms with E-state index in [4.69, 9.17) is 23.2 Å². The third kappa shape index (κ3) is 5.02. The van der Waals surface area contributed by atoms with Crippen LogP contribution in [0.2, 0.25) is 10.0 Å². The minimum absolute atomic E-state index is 0. The second kappa shape index (κ2) is 8.59. The fourth-order valence-electron chi connectivity index (χ4n) is 1.53. The zero-order chi connectivity index (χ0) is 12.8. The number of amides is 1. The van der Waals surface area contributed by atoms with Crippen LogP contribution in [0.15, 0.2) is 18.2 Å². The lowest BCUT2D eigenvalue weighted by atomic mass is 10.3. The molecule has 0 unspecified atom stereocenters. The molecule has 0 saturated carbocycles. The summed E-state index contributed by atoms with van der Waals surface area (Å²) >= 11 is 11.9. The Morgan fingerprint density at radius 1 is 1.22 bits per heavy atom. The molecular weight excluding hydrogens is 295 g/mol. The molecular formula is C12H17Cl3N2O. The van der Waals surface area contributed by atoms with Crippen LogP contribution in [-0.4, -0.2) is 25.5 Å². The van der Waals surface area contributed by atoms with Crippen LogP contribution in [0.4, 0.5) is 5.69 Å². The van der Waals surface area contributed by atoms with Crippen molar-refractivity contribution in [1.29, 1.82) is 0 Å². The minimum Gasteiger partial charge on any atom is -1.00 e. The summed E-state index contributed by atoms with van der Waals surface area (Å²) in [4.78, 5) is 13.0. The zero-order valence-corrected chi connectivity index (χ0v) is 12.7. The topological polar surface area (TPSA) is 33.5 Å². The number of para-hydroxylation sites is 1. The number of anilines is 1. The van der Waals surface area contributed by atoms with Crippen molar-refractivity contribution in [1.82, 2.24) is 0 Å². The van der Waals surface area contributed by atoms with E-state index >= 15 is 0 Å². The highest BCUT2D eigenvalue weighted by molar-refractivity contribution is 6.39. The molecule has 102 valence electrons. The number of hydrogen-bond donors (Lipinski definition) is 2. The van der Waals surface area contributed by atoms with Gasteiger partial charge in [0.05, 0.1) is 28.8 Å². The van der Waals surface area contributed by atoms with Gasteiger partial charge in [0.25, 0.3) is 5.91 Å². The van der Waals surface area contributed by atoms with Gasteiger partial charge < -0.3 is 22.6 Å². The number of carbonyl (C=O) groups is 1. The molecule has 1 aromatic carbocycles. The van der Waals surface area contributed by atoms with Crippen molar-refractivity contribution in [3.05, 3.63) is 28.2 Å². The molecule has 1 amide bonds. The first-order valence-corrected chi connectivity index (χ1v) is 6.41. The third-order valence-electron chi connectivity index (χ3n) is 2.64. The highest BCUT2D eigenvalue weighted by Crippen LogP contribution is 2.29. The number of nitrogens with one attached hydrogen (secondary N) is 2. The van der Waals surface area contributed by atoms with Crippen molar-refractivity contribution in [2.24, 2.45) is 0 Å². The second-order valence-electron chi connectivity index (χ2n) is 3.78. The largest absolute Gasteiger partial charge is 1.00 e. The molecule has 2 N–H and O–H groups in total. The maximum Gasteiger partial charge on any atom is 0.279 e. The van der Waals surface area contributed by atoms with Crippen LogP contribution in [0, 0.1) is 0 Å². The zero-order valence-electron chi connectivity index (χ0n) is 10.4. The van der Waals surface area contributed by atoms with Crippen LogP contribution < -0.4 is 22.6 Å². The van der Waals surface area contributed by atoms with E-state index in [1.54, 1.807) is 18.2 Å². The molecule has 0 saturated heterocycles. The van der Waals surface area contributed by atoms with Gasteiger partial charge in [-0.15, -0.1) is 0 Å². The summed E-state index contributed by atoms with van der Waals surface area (Å²) in [5.74, 6) is -0.0706. The van der Waals surface area contributed by atoms with Crippen molar-refractivity contribution >= 4 is 34.8 Å². The van der Waals surface area contributed by atoms with E-state index in [1.165, 1.54) is 4.90 Å². The summed E-state index contributed by atoms with van der Waals surface area (Å²) in [7, 11) is 0. The normalized spacial score (nSPS) is 10.1.